The fourth-order valence-corrected chi connectivity index (χ4v) is 3.31. The van der Waals surface area contributed by atoms with Crippen molar-refractivity contribution >= 4 is 5.97 Å². The third kappa shape index (κ3) is 8.56. The first kappa shape index (κ1) is 22.3. The number of hydrogen-bond acceptors (Lipinski definition) is 4. The van der Waals surface area contributed by atoms with E-state index < -0.39 is 5.97 Å². The van der Waals surface area contributed by atoms with Crippen molar-refractivity contribution in [1.29, 1.82) is 5.26 Å². The Morgan fingerprint density at radius 2 is 1.96 bits per heavy atom. The molecule has 0 aromatic rings. The first-order chi connectivity index (χ1) is 12.6. The van der Waals surface area contributed by atoms with Crippen LogP contribution in [0.15, 0.2) is 23.4 Å². The van der Waals surface area contributed by atoms with Crippen LogP contribution in [0.4, 0.5) is 0 Å². The molecule has 0 aliphatic carbocycles. The quantitative estimate of drug-likeness (QED) is 0.203. The van der Waals surface area contributed by atoms with Gasteiger partial charge >= 0.3 is 5.97 Å². The molecule has 26 heavy (non-hydrogen) atoms. The van der Waals surface area contributed by atoms with Crippen LogP contribution in [0.5, 0.6) is 0 Å². The van der Waals surface area contributed by atoms with E-state index in [1.807, 2.05) is 19.2 Å². The molecule has 1 fully saturated rings. The Balaban J connectivity index is 2.53. The van der Waals surface area contributed by atoms with Crippen molar-refractivity contribution in [2.45, 2.75) is 78.1 Å². The molecule has 0 amide bonds. The van der Waals surface area contributed by atoms with Gasteiger partial charge < -0.3 is 9.64 Å². The van der Waals surface area contributed by atoms with Crippen LogP contribution in [0.3, 0.4) is 0 Å². The van der Waals surface area contributed by atoms with Crippen molar-refractivity contribution < 1.29 is 9.53 Å². The number of ether oxygens (including phenoxy) is 1. The highest BCUT2D eigenvalue weighted by atomic mass is 16.5. The summed E-state index contributed by atoms with van der Waals surface area (Å²) in [6.45, 7) is 5.86. The summed E-state index contributed by atoms with van der Waals surface area (Å²) in [6, 6.07) is 1.99. The second kappa shape index (κ2) is 13.4. The molecule has 1 aliphatic heterocycles. The molecular weight excluding hydrogens is 324 g/mol. The summed E-state index contributed by atoms with van der Waals surface area (Å²) in [7, 11) is 2.04. The highest BCUT2D eigenvalue weighted by molar-refractivity contribution is 5.93. The lowest BCUT2D eigenvalue weighted by Crippen LogP contribution is -2.16. The maximum absolute atomic E-state index is 12.3. The molecule has 0 bridgehead atoms. The summed E-state index contributed by atoms with van der Waals surface area (Å²) < 4.78 is 5.48. The zero-order valence-electron chi connectivity index (χ0n) is 16.9. The zero-order valence-corrected chi connectivity index (χ0v) is 16.9. The van der Waals surface area contributed by atoms with Gasteiger partial charge in [0.25, 0.3) is 0 Å². The maximum atomic E-state index is 12.3. The van der Waals surface area contributed by atoms with Gasteiger partial charge in [-0.3, -0.25) is 0 Å². The number of unbranched alkanes of at least 4 members (excludes halogenated alkanes) is 4. The van der Waals surface area contributed by atoms with Gasteiger partial charge in [-0.25, -0.2) is 4.79 Å². The molecule has 0 saturated carbocycles. The smallest absolute Gasteiger partial charge is 0.348 e. The summed E-state index contributed by atoms with van der Waals surface area (Å²) in [6.07, 6.45) is 15.1. The minimum atomic E-state index is -0.486. The van der Waals surface area contributed by atoms with Crippen LogP contribution in [0.25, 0.3) is 0 Å². The Hall–Kier alpha value is -1.76. The number of allylic oxidation sites excluding steroid dienone is 3. The van der Waals surface area contributed by atoms with Crippen LogP contribution in [-0.4, -0.2) is 31.1 Å². The first-order valence-electron chi connectivity index (χ1n) is 10.3. The second-order valence-electron chi connectivity index (χ2n) is 7.33. The summed E-state index contributed by atoms with van der Waals surface area (Å²) in [4.78, 5) is 14.4. The lowest BCUT2D eigenvalue weighted by Gasteiger charge is -2.16. The molecule has 1 unspecified atom stereocenters. The Kier molecular flexibility index (Phi) is 11.5. The normalized spacial score (nSPS) is 17.4. The maximum Gasteiger partial charge on any atom is 0.348 e. The SMILES string of the molecule is CCCCCCC(CCCC)COC(=O)/C(C#N)=C\C=C1/CCCN1C. The number of esters is 1. The molecule has 0 aromatic carbocycles. The Morgan fingerprint density at radius 3 is 2.58 bits per heavy atom. The fraction of sp³-hybridized carbons (Fsp3) is 0.727. The van der Waals surface area contributed by atoms with Gasteiger partial charge in [-0.05, 0) is 43.8 Å². The number of nitriles is 1. The molecule has 1 aliphatic rings. The van der Waals surface area contributed by atoms with Gasteiger partial charge in [-0.15, -0.1) is 0 Å². The van der Waals surface area contributed by atoms with E-state index >= 15 is 0 Å². The van der Waals surface area contributed by atoms with E-state index in [2.05, 4.69) is 18.7 Å². The van der Waals surface area contributed by atoms with E-state index in [4.69, 9.17) is 4.74 Å². The van der Waals surface area contributed by atoms with Crippen LogP contribution in [-0.2, 0) is 9.53 Å². The topological polar surface area (TPSA) is 53.3 Å². The highest BCUT2D eigenvalue weighted by Crippen LogP contribution is 2.20. The van der Waals surface area contributed by atoms with Crippen LogP contribution < -0.4 is 0 Å². The van der Waals surface area contributed by atoms with E-state index in [1.54, 1.807) is 6.08 Å². The Morgan fingerprint density at radius 1 is 1.23 bits per heavy atom. The number of rotatable bonds is 12. The number of nitrogens with zero attached hydrogens (tertiary/aromatic N) is 2. The van der Waals surface area contributed by atoms with Gasteiger partial charge in [0.1, 0.15) is 11.6 Å². The summed E-state index contributed by atoms with van der Waals surface area (Å²) in [5, 5.41) is 9.28. The largest absolute Gasteiger partial charge is 0.461 e. The fourth-order valence-electron chi connectivity index (χ4n) is 3.31. The third-order valence-corrected chi connectivity index (χ3v) is 5.08. The molecule has 4 heteroatoms. The molecule has 0 N–H and O–H groups in total. The van der Waals surface area contributed by atoms with Gasteiger partial charge in [0.15, 0.2) is 0 Å². The zero-order chi connectivity index (χ0) is 19.2. The summed E-state index contributed by atoms with van der Waals surface area (Å²) >= 11 is 0. The van der Waals surface area contributed by atoms with Gasteiger partial charge in [0.05, 0.1) is 6.61 Å². The third-order valence-electron chi connectivity index (χ3n) is 5.08. The summed E-state index contributed by atoms with van der Waals surface area (Å²) in [5.41, 5.74) is 1.26. The number of carbonyl (C=O) groups excluding carboxylic acids is 1. The van der Waals surface area contributed by atoms with E-state index in [1.165, 1.54) is 31.4 Å². The molecule has 1 saturated heterocycles. The molecule has 0 radical (unpaired) electrons. The minimum Gasteiger partial charge on any atom is -0.461 e. The number of hydrogen-bond donors (Lipinski definition) is 0. The predicted octanol–water partition coefficient (Wildman–Crippen LogP) is 5.37. The van der Waals surface area contributed by atoms with E-state index in [-0.39, 0.29) is 5.57 Å². The van der Waals surface area contributed by atoms with E-state index in [9.17, 15) is 10.1 Å². The molecule has 146 valence electrons. The van der Waals surface area contributed by atoms with Gasteiger partial charge in [0, 0.05) is 19.3 Å². The number of likely N-dealkylation sites (tertiary alicyclic amines) is 1. The van der Waals surface area contributed by atoms with Crippen LogP contribution in [0.2, 0.25) is 0 Å². The second-order valence-corrected chi connectivity index (χ2v) is 7.33. The van der Waals surface area contributed by atoms with E-state index in [0.29, 0.717) is 12.5 Å². The van der Waals surface area contributed by atoms with Gasteiger partial charge in [0.2, 0.25) is 0 Å². The van der Waals surface area contributed by atoms with Crippen LogP contribution in [0, 0.1) is 17.2 Å². The molecule has 1 heterocycles. The van der Waals surface area contributed by atoms with Crippen molar-refractivity contribution in [3.8, 4) is 6.07 Å². The monoisotopic (exact) mass is 360 g/mol. The first-order valence-corrected chi connectivity index (χ1v) is 10.3. The van der Waals surface area contributed by atoms with Gasteiger partial charge in [-0.1, -0.05) is 52.4 Å². The van der Waals surface area contributed by atoms with Crippen molar-refractivity contribution in [2.75, 3.05) is 20.2 Å². The Bertz CT molecular complexity index is 517. The van der Waals surface area contributed by atoms with Crippen molar-refractivity contribution in [1.82, 2.24) is 4.90 Å². The van der Waals surface area contributed by atoms with Crippen LogP contribution in [0.1, 0.15) is 78.1 Å². The molecule has 0 spiro atoms. The highest BCUT2D eigenvalue weighted by Gasteiger charge is 2.16. The van der Waals surface area contributed by atoms with Crippen molar-refractivity contribution in [3.05, 3.63) is 23.4 Å². The average Bonchev–Trinajstić information content (AvgIpc) is 3.05. The summed E-state index contributed by atoms with van der Waals surface area (Å²) in [5.74, 6) is -0.0740. The number of carbonyl (C=O) groups is 1. The van der Waals surface area contributed by atoms with Gasteiger partial charge in [-0.2, -0.15) is 5.26 Å². The lowest BCUT2D eigenvalue weighted by atomic mass is 9.96. The Labute approximate surface area is 159 Å². The predicted molar refractivity (Wildman–Crippen MR) is 106 cm³/mol. The molecule has 1 rings (SSSR count). The minimum absolute atomic E-state index is 0.0954. The molecule has 0 aromatic heterocycles. The van der Waals surface area contributed by atoms with E-state index in [0.717, 1.165) is 45.1 Å². The average molecular weight is 361 g/mol. The molecular formula is C22H36N2O2. The lowest BCUT2D eigenvalue weighted by molar-refractivity contribution is -0.140. The molecule has 1 atom stereocenters. The standard InChI is InChI=1S/C22H36N2O2/c1-4-6-8-9-12-19(11-7-5-2)18-26-22(25)20(17-23)14-15-21-13-10-16-24(21)3/h14-15,19H,4-13,16,18H2,1-3H3/b20-14-,21-15+. The molecule has 4 nitrogen and oxygen atoms in total. The van der Waals surface area contributed by atoms with Crippen molar-refractivity contribution in [2.24, 2.45) is 5.92 Å². The van der Waals surface area contributed by atoms with Crippen LogP contribution >= 0.6 is 0 Å². The van der Waals surface area contributed by atoms with Crippen molar-refractivity contribution in [3.63, 3.8) is 0 Å².